The Morgan fingerprint density at radius 1 is 0.889 bits per heavy atom. The van der Waals surface area contributed by atoms with Gasteiger partial charge < -0.3 is 0 Å². The number of hydrogen-bond donors (Lipinski definition) is 2. The topological polar surface area (TPSA) is 130 Å². The Morgan fingerprint density at radius 3 is 1.75 bits per heavy atom. The van der Waals surface area contributed by atoms with Gasteiger partial charge in [-0.3, -0.25) is 14.7 Å². The van der Waals surface area contributed by atoms with E-state index in [0.717, 1.165) is 28.5 Å². The predicted octanol–water partition coefficient (Wildman–Crippen LogP) is 2.22. The maximum atomic E-state index is 13.3. The van der Waals surface area contributed by atoms with Crippen LogP contribution in [0, 0.1) is 0 Å². The Hall–Kier alpha value is -3.58. The monoisotopic (exact) mass is 522 g/mol. The Balaban J connectivity index is 1.67. The normalized spacial score (nSPS) is 18.2. The third-order valence-corrected chi connectivity index (χ3v) is 8.37. The molecule has 184 valence electrons. The van der Waals surface area contributed by atoms with Crippen LogP contribution in [0.25, 0.3) is 0 Å². The van der Waals surface area contributed by atoms with Crippen LogP contribution in [0.5, 0.6) is 0 Å². The second kappa shape index (κ2) is 9.47. The lowest BCUT2D eigenvalue weighted by molar-refractivity contribution is -0.139. The molecule has 1 saturated heterocycles. The highest BCUT2D eigenvalue weighted by molar-refractivity contribution is 8.00. The molecule has 1 aliphatic rings. The number of tetrazole rings is 1. The quantitative estimate of drug-likeness (QED) is 0.203. The van der Waals surface area contributed by atoms with E-state index >= 15 is 0 Å². The molecule has 0 bridgehead atoms. The highest BCUT2D eigenvalue weighted by atomic mass is 32.2. The zero-order valence-corrected chi connectivity index (χ0v) is 20.7. The van der Waals surface area contributed by atoms with Gasteiger partial charge in [0.05, 0.1) is 5.54 Å². The number of rotatable bonds is 8. The molecule has 0 spiro atoms. The molecule has 4 aromatic rings. The highest BCUT2D eigenvalue weighted by Crippen LogP contribution is 2.42. The molecule has 10 nitrogen and oxygen atoms in total. The van der Waals surface area contributed by atoms with Crippen molar-refractivity contribution in [2.75, 3.05) is 0 Å². The molecule has 2 atom stereocenters. The number of nitrogens with one attached hydrogen (secondary N) is 1. The Bertz CT molecular complexity index is 1370. The molecule has 2 N–H and O–H groups in total. The number of hydrogen-bond acceptors (Lipinski definition) is 8. The van der Waals surface area contributed by atoms with Crippen LogP contribution in [0.4, 0.5) is 0 Å². The van der Waals surface area contributed by atoms with E-state index in [1.54, 1.807) is 7.05 Å². The Morgan fingerprint density at radius 2 is 1.36 bits per heavy atom. The van der Waals surface area contributed by atoms with Crippen LogP contribution in [0.2, 0.25) is 0 Å². The van der Waals surface area contributed by atoms with Gasteiger partial charge in [-0.15, -0.1) is 5.10 Å². The van der Waals surface area contributed by atoms with Crippen molar-refractivity contribution in [1.82, 2.24) is 29.8 Å². The summed E-state index contributed by atoms with van der Waals surface area (Å²) in [5.74, 6) is -0.780. The smallest absolute Gasteiger partial charge is 0.286 e. The molecule has 0 radical (unpaired) electrons. The van der Waals surface area contributed by atoms with Crippen molar-refractivity contribution in [1.29, 1.82) is 0 Å². The first-order chi connectivity index (χ1) is 17.3. The average Bonchev–Trinajstić information content (AvgIpc) is 3.29. The van der Waals surface area contributed by atoms with Gasteiger partial charge in [0.15, 0.2) is 0 Å². The first-order valence-corrected chi connectivity index (χ1v) is 13.2. The van der Waals surface area contributed by atoms with Crippen molar-refractivity contribution in [3.8, 4) is 0 Å². The first-order valence-electron chi connectivity index (χ1n) is 11.0. The summed E-state index contributed by atoms with van der Waals surface area (Å²) in [6.07, 6.45) is 0. The van der Waals surface area contributed by atoms with Gasteiger partial charge in [0.25, 0.3) is 5.91 Å². The van der Waals surface area contributed by atoms with Gasteiger partial charge in [0, 0.05) is 7.05 Å². The maximum Gasteiger partial charge on any atom is 0.363 e. The van der Waals surface area contributed by atoms with Crippen LogP contribution in [-0.2, 0) is 27.7 Å². The van der Waals surface area contributed by atoms with Gasteiger partial charge in [-0.25, -0.2) is 4.68 Å². The van der Waals surface area contributed by atoms with Crippen molar-refractivity contribution >= 4 is 28.0 Å². The summed E-state index contributed by atoms with van der Waals surface area (Å²) >= 11 is 0.967. The van der Waals surface area contributed by atoms with Crippen LogP contribution in [-0.4, -0.2) is 54.8 Å². The lowest BCUT2D eigenvalue weighted by Crippen LogP contribution is -2.72. The summed E-state index contributed by atoms with van der Waals surface area (Å²) in [6, 6.07) is 27.8. The van der Waals surface area contributed by atoms with Crippen molar-refractivity contribution in [2.45, 2.75) is 22.1 Å². The van der Waals surface area contributed by atoms with Gasteiger partial charge in [-0.05, 0) is 27.1 Å². The number of thioether (sulfide) groups is 1. The molecule has 1 amide bonds. The van der Waals surface area contributed by atoms with Gasteiger partial charge in [-0.1, -0.05) is 103 Å². The number of amides is 1. The number of nitrogens with zero attached hydrogens (tertiary/aromatic N) is 5. The van der Waals surface area contributed by atoms with Gasteiger partial charge >= 0.3 is 10.3 Å². The number of benzene rings is 3. The Labute approximate surface area is 212 Å². The molecule has 0 unspecified atom stereocenters. The Kier molecular flexibility index (Phi) is 6.35. The van der Waals surface area contributed by atoms with Crippen molar-refractivity contribution in [2.24, 2.45) is 7.05 Å². The molecule has 1 aliphatic heterocycles. The van der Waals surface area contributed by atoms with E-state index in [-0.39, 0.29) is 5.16 Å². The van der Waals surface area contributed by atoms with Crippen LogP contribution in [0.1, 0.15) is 16.7 Å². The predicted molar refractivity (Wildman–Crippen MR) is 133 cm³/mol. The number of aromatic nitrogens is 4. The molecule has 12 heteroatoms. The standard InChI is InChI=1S/C24H22N6O4S2/c1-29-23(26-27-28-29)35-22-20(21(31)30(22)36(32,33)34)25-24(17-11-5-2-6-12-17,18-13-7-3-8-14-18)19-15-9-4-10-16-19/h2-16,20,22,25H,1H3,(H,32,33,34)/t20-,22+/m1/s1. The zero-order valence-electron chi connectivity index (χ0n) is 19.0. The van der Waals surface area contributed by atoms with E-state index in [2.05, 4.69) is 20.8 Å². The minimum atomic E-state index is -4.82. The van der Waals surface area contributed by atoms with Crippen molar-refractivity contribution in [3.63, 3.8) is 0 Å². The molecule has 36 heavy (non-hydrogen) atoms. The van der Waals surface area contributed by atoms with Gasteiger partial charge in [-0.2, -0.15) is 12.7 Å². The second-order valence-corrected chi connectivity index (χ2v) is 10.5. The fourth-order valence-corrected chi connectivity index (χ4v) is 6.60. The van der Waals surface area contributed by atoms with E-state index in [1.165, 1.54) is 4.68 Å². The summed E-state index contributed by atoms with van der Waals surface area (Å²) in [6.45, 7) is 0. The third-order valence-electron chi connectivity index (χ3n) is 6.05. The molecule has 0 saturated carbocycles. The molecule has 1 fully saturated rings. The highest BCUT2D eigenvalue weighted by Gasteiger charge is 2.57. The number of β-lactam (4-membered cyclic amide) rings is 1. The molecular formula is C24H22N6O4S2. The van der Waals surface area contributed by atoms with Crippen LogP contribution < -0.4 is 5.32 Å². The minimum Gasteiger partial charge on any atom is -0.286 e. The fraction of sp³-hybridized carbons (Fsp3) is 0.167. The molecule has 0 aliphatic carbocycles. The first kappa shape index (κ1) is 24.1. The summed E-state index contributed by atoms with van der Waals surface area (Å²) in [4.78, 5) is 13.3. The third kappa shape index (κ3) is 4.17. The number of carbonyl (C=O) groups is 1. The molecule has 5 rings (SSSR count). The maximum absolute atomic E-state index is 13.3. The van der Waals surface area contributed by atoms with Gasteiger partial charge in [0.1, 0.15) is 11.4 Å². The van der Waals surface area contributed by atoms with E-state index in [1.807, 2.05) is 91.0 Å². The van der Waals surface area contributed by atoms with E-state index in [9.17, 15) is 17.8 Å². The van der Waals surface area contributed by atoms with Crippen LogP contribution in [0.15, 0.2) is 96.2 Å². The lowest BCUT2D eigenvalue weighted by atomic mass is 9.76. The second-order valence-electron chi connectivity index (χ2n) is 8.18. The summed E-state index contributed by atoms with van der Waals surface area (Å²) in [7, 11) is -3.22. The summed E-state index contributed by atoms with van der Waals surface area (Å²) in [5, 5.41) is 14.0. The SMILES string of the molecule is Cn1nnnc1S[C@H]1[C@H](NC(c2ccccc2)(c2ccccc2)c2ccccc2)C(=O)N1S(=O)(=O)O. The zero-order chi connectivity index (χ0) is 25.3. The van der Waals surface area contributed by atoms with E-state index < -0.39 is 33.2 Å². The fourth-order valence-electron chi connectivity index (χ4n) is 4.41. The average molecular weight is 523 g/mol. The number of aryl methyl sites for hydroxylation is 1. The molecule has 3 aromatic carbocycles. The summed E-state index contributed by atoms with van der Waals surface area (Å²) < 4.78 is 35.9. The lowest BCUT2D eigenvalue weighted by Gasteiger charge is -2.48. The van der Waals surface area contributed by atoms with E-state index in [0.29, 0.717) is 4.31 Å². The van der Waals surface area contributed by atoms with Crippen LogP contribution in [0.3, 0.4) is 0 Å². The van der Waals surface area contributed by atoms with Crippen molar-refractivity contribution in [3.05, 3.63) is 108 Å². The molecule has 1 aromatic heterocycles. The largest absolute Gasteiger partial charge is 0.363 e. The molecule has 2 heterocycles. The van der Waals surface area contributed by atoms with Crippen molar-refractivity contribution < 1.29 is 17.8 Å². The minimum absolute atomic E-state index is 0.290. The van der Waals surface area contributed by atoms with E-state index in [4.69, 9.17) is 0 Å². The molecular weight excluding hydrogens is 500 g/mol. The number of carbonyl (C=O) groups excluding carboxylic acids is 1. The summed E-state index contributed by atoms with van der Waals surface area (Å²) in [5.41, 5.74) is 1.53. The van der Waals surface area contributed by atoms with Crippen LogP contribution >= 0.6 is 11.8 Å². The van der Waals surface area contributed by atoms with Gasteiger partial charge in [0.2, 0.25) is 5.16 Å².